The number of para-hydroxylation sites is 1. The van der Waals surface area contributed by atoms with Crippen LogP contribution in [0.2, 0.25) is 5.02 Å². The van der Waals surface area contributed by atoms with Gasteiger partial charge in [-0.15, -0.1) is 0 Å². The number of imide groups is 1. The lowest BCUT2D eigenvalue weighted by molar-refractivity contribution is -0.134. The molecular weight excluding hydrogens is 416 g/mol. The molecule has 3 aromatic rings. The summed E-state index contributed by atoms with van der Waals surface area (Å²) in [4.78, 5) is 41.2. The number of urea groups is 1. The zero-order valence-electron chi connectivity index (χ0n) is 17.2. The van der Waals surface area contributed by atoms with Crippen molar-refractivity contribution in [3.05, 3.63) is 70.9 Å². The highest BCUT2D eigenvalue weighted by molar-refractivity contribution is 6.31. The first kappa shape index (κ1) is 20.9. The molecule has 4 amide bonds. The maximum absolute atomic E-state index is 12.6. The van der Waals surface area contributed by atoms with Gasteiger partial charge in [-0.25, -0.2) is 4.79 Å². The van der Waals surface area contributed by atoms with E-state index in [9.17, 15) is 14.4 Å². The number of aromatic amines is 1. The van der Waals surface area contributed by atoms with Gasteiger partial charge < -0.3 is 15.6 Å². The summed E-state index contributed by atoms with van der Waals surface area (Å²) >= 11 is 6.48. The maximum Gasteiger partial charge on any atom is 0.325 e. The van der Waals surface area contributed by atoms with Crippen LogP contribution in [0.15, 0.2) is 54.7 Å². The Balaban J connectivity index is 1.56. The molecule has 2 aromatic carbocycles. The van der Waals surface area contributed by atoms with E-state index in [4.69, 9.17) is 11.6 Å². The van der Waals surface area contributed by atoms with Crippen LogP contribution < -0.4 is 10.6 Å². The number of halogens is 1. The Kier molecular flexibility index (Phi) is 5.45. The van der Waals surface area contributed by atoms with Crippen LogP contribution in [0.3, 0.4) is 0 Å². The number of carbonyl (C=O) groups is 3. The molecule has 1 aromatic heterocycles. The predicted octanol–water partition coefficient (Wildman–Crippen LogP) is 3.40. The Bertz CT molecular complexity index is 1170. The van der Waals surface area contributed by atoms with Gasteiger partial charge in [0.2, 0.25) is 5.91 Å². The molecule has 0 spiro atoms. The Labute approximate surface area is 184 Å². The molecule has 8 heteroatoms. The molecule has 4 rings (SSSR count). The lowest BCUT2D eigenvalue weighted by Crippen LogP contribution is -2.43. The lowest BCUT2D eigenvalue weighted by Gasteiger charge is -2.20. The Morgan fingerprint density at radius 3 is 2.52 bits per heavy atom. The van der Waals surface area contributed by atoms with Crippen molar-refractivity contribution >= 4 is 40.3 Å². The van der Waals surface area contributed by atoms with E-state index in [0.717, 1.165) is 26.9 Å². The number of nitrogens with zero attached hydrogens (tertiary/aromatic N) is 1. The van der Waals surface area contributed by atoms with Crippen LogP contribution in [0, 0.1) is 0 Å². The summed E-state index contributed by atoms with van der Waals surface area (Å²) in [5.74, 6) is -1.06. The number of H-pyrrole nitrogens is 1. The molecule has 1 aliphatic rings. The summed E-state index contributed by atoms with van der Waals surface area (Å²) in [6, 6.07) is 14.9. The highest BCUT2D eigenvalue weighted by Gasteiger charge is 2.44. The van der Waals surface area contributed by atoms with Gasteiger partial charge in [-0.2, -0.15) is 0 Å². The zero-order valence-corrected chi connectivity index (χ0v) is 18.0. The summed E-state index contributed by atoms with van der Waals surface area (Å²) in [5.41, 5.74) is 1.86. The topological polar surface area (TPSA) is 94.3 Å². The number of rotatable bonds is 6. The molecule has 1 aliphatic heterocycles. The van der Waals surface area contributed by atoms with Crippen molar-refractivity contribution in [1.82, 2.24) is 20.5 Å². The average Bonchev–Trinajstić information content (AvgIpc) is 3.24. The van der Waals surface area contributed by atoms with E-state index in [2.05, 4.69) is 15.6 Å². The number of aromatic nitrogens is 1. The van der Waals surface area contributed by atoms with Crippen LogP contribution in [0.25, 0.3) is 10.9 Å². The fourth-order valence-corrected chi connectivity index (χ4v) is 4.17. The third-order valence-corrected chi connectivity index (χ3v) is 5.87. The minimum absolute atomic E-state index is 0.214. The molecule has 7 nitrogen and oxygen atoms in total. The van der Waals surface area contributed by atoms with Crippen molar-refractivity contribution < 1.29 is 14.4 Å². The van der Waals surface area contributed by atoms with Crippen LogP contribution in [-0.2, 0) is 9.59 Å². The second kappa shape index (κ2) is 8.07. The highest BCUT2D eigenvalue weighted by atomic mass is 35.5. The second-order valence-corrected chi connectivity index (χ2v) is 8.52. The van der Waals surface area contributed by atoms with Crippen LogP contribution in [0.5, 0.6) is 0 Å². The molecule has 1 unspecified atom stereocenters. The van der Waals surface area contributed by atoms with Gasteiger partial charge in [-0.1, -0.05) is 48.0 Å². The predicted molar refractivity (Wildman–Crippen MR) is 119 cm³/mol. The van der Waals surface area contributed by atoms with E-state index in [1.54, 1.807) is 13.8 Å². The van der Waals surface area contributed by atoms with E-state index >= 15 is 0 Å². The minimum Gasteiger partial charge on any atom is -0.361 e. The van der Waals surface area contributed by atoms with Crippen LogP contribution in [-0.4, -0.2) is 46.4 Å². The molecule has 1 atom stereocenters. The standard InChI is InChI=1S/C23H23ClN4O3/c1-23(2)21(30)28(22(31)27-23)13-20(29)26-12-16(14-7-3-5-9-18(14)24)17-11-25-19-10-6-4-8-15(17)19/h3-11,16,25H,12-13H2,1-2H3,(H,26,29)(H,27,31). The van der Waals surface area contributed by atoms with Gasteiger partial charge in [0.15, 0.2) is 0 Å². The molecule has 1 fully saturated rings. The number of nitrogens with one attached hydrogen (secondary N) is 3. The van der Waals surface area contributed by atoms with Gasteiger partial charge in [-0.3, -0.25) is 14.5 Å². The smallest absolute Gasteiger partial charge is 0.325 e. The van der Waals surface area contributed by atoms with Gasteiger partial charge in [0.05, 0.1) is 0 Å². The molecule has 0 saturated carbocycles. The van der Waals surface area contributed by atoms with Gasteiger partial charge >= 0.3 is 6.03 Å². The average molecular weight is 439 g/mol. The molecule has 31 heavy (non-hydrogen) atoms. The molecular formula is C23H23ClN4O3. The number of fused-ring (bicyclic) bond motifs is 1. The van der Waals surface area contributed by atoms with Crippen molar-refractivity contribution in [2.45, 2.75) is 25.3 Å². The van der Waals surface area contributed by atoms with Crippen LogP contribution in [0.1, 0.15) is 30.9 Å². The molecule has 0 radical (unpaired) electrons. The first-order chi connectivity index (χ1) is 14.8. The first-order valence-corrected chi connectivity index (χ1v) is 10.4. The minimum atomic E-state index is -1.01. The quantitative estimate of drug-likeness (QED) is 0.515. The number of hydrogen-bond donors (Lipinski definition) is 3. The molecule has 3 N–H and O–H groups in total. The van der Waals surface area contributed by atoms with Crippen molar-refractivity contribution in [3.63, 3.8) is 0 Å². The number of carbonyl (C=O) groups excluding carboxylic acids is 3. The molecule has 1 saturated heterocycles. The molecule has 2 heterocycles. The maximum atomic E-state index is 12.6. The van der Waals surface area contributed by atoms with Crippen LogP contribution in [0.4, 0.5) is 4.79 Å². The van der Waals surface area contributed by atoms with Crippen molar-refractivity contribution in [2.75, 3.05) is 13.1 Å². The van der Waals surface area contributed by atoms with E-state index in [0.29, 0.717) is 5.02 Å². The summed E-state index contributed by atoms with van der Waals surface area (Å²) < 4.78 is 0. The Morgan fingerprint density at radius 1 is 1.10 bits per heavy atom. The van der Waals surface area contributed by atoms with Crippen molar-refractivity contribution in [2.24, 2.45) is 0 Å². The van der Waals surface area contributed by atoms with Gasteiger partial charge in [-0.05, 0) is 37.1 Å². The number of benzene rings is 2. The summed E-state index contributed by atoms with van der Waals surface area (Å²) in [6.07, 6.45) is 1.92. The first-order valence-electron chi connectivity index (χ1n) is 9.99. The fourth-order valence-electron chi connectivity index (χ4n) is 3.90. The van der Waals surface area contributed by atoms with E-state index < -0.39 is 23.4 Å². The van der Waals surface area contributed by atoms with Gasteiger partial charge in [0, 0.05) is 34.6 Å². The van der Waals surface area contributed by atoms with Gasteiger partial charge in [0.25, 0.3) is 5.91 Å². The SMILES string of the molecule is CC1(C)NC(=O)N(CC(=O)NCC(c2ccccc2Cl)c2c[nH]c3ccccc23)C1=O. The third kappa shape index (κ3) is 4.01. The zero-order chi connectivity index (χ0) is 22.2. The molecule has 160 valence electrons. The number of amides is 4. The molecule has 0 aliphatic carbocycles. The highest BCUT2D eigenvalue weighted by Crippen LogP contribution is 2.34. The van der Waals surface area contributed by atoms with Crippen LogP contribution >= 0.6 is 11.6 Å². The third-order valence-electron chi connectivity index (χ3n) is 5.53. The Hall–Kier alpha value is -3.32. The summed E-state index contributed by atoms with van der Waals surface area (Å²) in [5, 5.41) is 7.09. The van der Waals surface area contributed by atoms with Crippen molar-refractivity contribution in [1.29, 1.82) is 0 Å². The summed E-state index contributed by atoms with van der Waals surface area (Å²) in [7, 11) is 0. The van der Waals surface area contributed by atoms with Gasteiger partial charge in [0.1, 0.15) is 12.1 Å². The van der Waals surface area contributed by atoms with E-state index in [1.807, 2.05) is 54.7 Å². The monoisotopic (exact) mass is 438 g/mol. The number of hydrogen-bond acceptors (Lipinski definition) is 3. The normalized spacial score (nSPS) is 16.4. The van der Waals surface area contributed by atoms with E-state index in [1.165, 1.54) is 0 Å². The van der Waals surface area contributed by atoms with Crippen molar-refractivity contribution in [3.8, 4) is 0 Å². The van der Waals surface area contributed by atoms with E-state index in [-0.39, 0.29) is 19.0 Å². The fraction of sp³-hybridized carbons (Fsp3) is 0.261. The molecule has 0 bridgehead atoms. The summed E-state index contributed by atoms with van der Waals surface area (Å²) in [6.45, 7) is 3.14. The Morgan fingerprint density at radius 2 is 1.81 bits per heavy atom. The lowest BCUT2D eigenvalue weighted by atomic mass is 9.90. The largest absolute Gasteiger partial charge is 0.361 e. The second-order valence-electron chi connectivity index (χ2n) is 8.11.